The van der Waals surface area contributed by atoms with Crippen LogP contribution in [-0.4, -0.2) is 15.0 Å². The molecule has 3 rings (SSSR count). The molecular weight excluding hydrogens is 261 g/mol. The second-order valence-electron chi connectivity index (χ2n) is 4.04. The predicted octanol–water partition coefficient (Wildman–Crippen LogP) is 3.62. The molecule has 1 aromatic carbocycles. The van der Waals surface area contributed by atoms with E-state index in [1.165, 1.54) is 23.9 Å². The second-order valence-corrected chi connectivity index (χ2v) is 5.08. The van der Waals surface area contributed by atoms with Crippen molar-refractivity contribution >= 4 is 22.7 Å². The maximum atomic E-state index is 12.8. The maximum absolute atomic E-state index is 12.8. The van der Waals surface area contributed by atoms with E-state index in [2.05, 4.69) is 15.0 Å². The van der Waals surface area contributed by atoms with Crippen LogP contribution in [-0.2, 0) is 0 Å². The van der Waals surface area contributed by atoms with Crippen molar-refractivity contribution in [3.8, 4) is 0 Å². The molecule has 0 spiro atoms. The Morgan fingerprint density at radius 3 is 2.63 bits per heavy atom. The van der Waals surface area contributed by atoms with Crippen molar-refractivity contribution in [3.05, 3.63) is 54.2 Å². The van der Waals surface area contributed by atoms with E-state index < -0.39 is 0 Å². The number of fused-ring (bicyclic) bond motifs is 1. The molecule has 0 aliphatic carbocycles. The molecule has 0 atom stereocenters. The molecular formula is C14H10FN3S. The molecule has 0 unspecified atom stereocenters. The van der Waals surface area contributed by atoms with Gasteiger partial charge in [-0.2, -0.15) is 0 Å². The van der Waals surface area contributed by atoms with Crippen LogP contribution in [0, 0.1) is 12.7 Å². The lowest BCUT2D eigenvalue weighted by Gasteiger charge is -2.04. The number of rotatable bonds is 2. The molecule has 0 aliphatic rings. The minimum atomic E-state index is -0.246. The van der Waals surface area contributed by atoms with Gasteiger partial charge in [-0.25, -0.2) is 14.4 Å². The van der Waals surface area contributed by atoms with Gasteiger partial charge in [-0.05, 0) is 49.0 Å². The topological polar surface area (TPSA) is 38.7 Å². The molecule has 2 heterocycles. The Balaban J connectivity index is 1.99. The SMILES string of the molecule is Cc1nc(Sc2ccc(F)cc2)nc2cnccc12. The monoisotopic (exact) mass is 271 g/mol. The summed E-state index contributed by atoms with van der Waals surface area (Å²) >= 11 is 1.41. The van der Waals surface area contributed by atoms with Crippen LogP contribution in [0.15, 0.2) is 52.8 Å². The first-order chi connectivity index (χ1) is 9.22. The van der Waals surface area contributed by atoms with Crippen LogP contribution >= 0.6 is 11.8 Å². The molecule has 5 heteroatoms. The first-order valence-electron chi connectivity index (χ1n) is 5.74. The van der Waals surface area contributed by atoms with Gasteiger partial charge < -0.3 is 0 Å². The second kappa shape index (κ2) is 4.93. The van der Waals surface area contributed by atoms with Crippen molar-refractivity contribution in [2.75, 3.05) is 0 Å². The summed E-state index contributed by atoms with van der Waals surface area (Å²) in [4.78, 5) is 13.9. The van der Waals surface area contributed by atoms with E-state index in [4.69, 9.17) is 0 Å². The molecule has 94 valence electrons. The number of aryl methyl sites for hydroxylation is 1. The van der Waals surface area contributed by atoms with E-state index in [9.17, 15) is 4.39 Å². The summed E-state index contributed by atoms with van der Waals surface area (Å²) < 4.78 is 12.8. The molecule has 0 fully saturated rings. The Bertz CT molecular complexity index is 728. The summed E-state index contributed by atoms with van der Waals surface area (Å²) in [7, 11) is 0. The molecule has 0 aliphatic heterocycles. The van der Waals surface area contributed by atoms with E-state index >= 15 is 0 Å². The zero-order valence-electron chi connectivity index (χ0n) is 10.2. The molecule has 0 bridgehead atoms. The van der Waals surface area contributed by atoms with Gasteiger partial charge >= 0.3 is 0 Å². The fraction of sp³-hybridized carbons (Fsp3) is 0.0714. The highest BCUT2D eigenvalue weighted by Crippen LogP contribution is 2.26. The number of nitrogens with zero attached hydrogens (tertiary/aromatic N) is 3. The maximum Gasteiger partial charge on any atom is 0.193 e. The Kier molecular flexibility index (Phi) is 3.13. The van der Waals surface area contributed by atoms with E-state index in [0.717, 1.165) is 21.5 Å². The zero-order chi connectivity index (χ0) is 13.2. The van der Waals surface area contributed by atoms with Gasteiger partial charge in [0.05, 0.1) is 11.7 Å². The van der Waals surface area contributed by atoms with Crippen molar-refractivity contribution < 1.29 is 4.39 Å². The number of pyridine rings is 1. The van der Waals surface area contributed by atoms with E-state index in [1.54, 1.807) is 24.5 Å². The largest absolute Gasteiger partial charge is 0.262 e. The summed E-state index contributed by atoms with van der Waals surface area (Å²) in [5.74, 6) is -0.246. The molecule has 3 nitrogen and oxygen atoms in total. The third-order valence-corrected chi connectivity index (χ3v) is 3.57. The van der Waals surface area contributed by atoms with Gasteiger partial charge in [0.15, 0.2) is 5.16 Å². The molecule has 0 saturated carbocycles. The lowest BCUT2D eigenvalue weighted by atomic mass is 10.2. The summed E-state index contributed by atoms with van der Waals surface area (Å²) in [6.45, 7) is 1.94. The summed E-state index contributed by atoms with van der Waals surface area (Å²) in [5.41, 5.74) is 1.73. The van der Waals surface area contributed by atoms with Crippen LogP contribution in [0.4, 0.5) is 4.39 Å². The van der Waals surface area contributed by atoms with Gasteiger partial charge in [-0.3, -0.25) is 4.98 Å². The molecule has 19 heavy (non-hydrogen) atoms. The fourth-order valence-corrected chi connectivity index (χ4v) is 2.58. The first-order valence-corrected chi connectivity index (χ1v) is 6.56. The Labute approximate surface area is 113 Å². The van der Waals surface area contributed by atoms with E-state index in [-0.39, 0.29) is 5.82 Å². The number of benzene rings is 1. The van der Waals surface area contributed by atoms with Crippen LogP contribution in [0.5, 0.6) is 0 Å². The number of halogens is 1. The summed E-state index contributed by atoms with van der Waals surface area (Å²) in [6.07, 6.45) is 3.45. The van der Waals surface area contributed by atoms with Gasteiger partial charge in [0.25, 0.3) is 0 Å². The van der Waals surface area contributed by atoms with Crippen LogP contribution in [0.3, 0.4) is 0 Å². The van der Waals surface area contributed by atoms with Gasteiger partial charge in [-0.1, -0.05) is 0 Å². The lowest BCUT2D eigenvalue weighted by Crippen LogP contribution is -1.93. The third kappa shape index (κ3) is 2.56. The minimum Gasteiger partial charge on any atom is -0.262 e. The first kappa shape index (κ1) is 12.0. The summed E-state index contributed by atoms with van der Waals surface area (Å²) in [5, 5.41) is 1.64. The highest BCUT2D eigenvalue weighted by molar-refractivity contribution is 7.99. The minimum absolute atomic E-state index is 0.246. The van der Waals surface area contributed by atoms with Crippen molar-refractivity contribution in [3.63, 3.8) is 0 Å². The van der Waals surface area contributed by atoms with Crippen molar-refractivity contribution in [1.29, 1.82) is 0 Å². The van der Waals surface area contributed by atoms with Crippen molar-refractivity contribution in [2.24, 2.45) is 0 Å². The molecule has 0 amide bonds. The Morgan fingerprint density at radius 1 is 1.05 bits per heavy atom. The fourth-order valence-electron chi connectivity index (χ4n) is 1.77. The highest BCUT2D eigenvalue weighted by Gasteiger charge is 2.06. The molecule has 3 aromatic rings. The zero-order valence-corrected chi connectivity index (χ0v) is 11.0. The molecule has 2 aromatic heterocycles. The molecule has 0 radical (unpaired) electrons. The average molecular weight is 271 g/mol. The standard InChI is InChI=1S/C14H10FN3S/c1-9-12-6-7-16-8-13(12)18-14(17-9)19-11-4-2-10(15)3-5-11/h2-8H,1H3. The lowest BCUT2D eigenvalue weighted by molar-refractivity contribution is 0.626. The Morgan fingerprint density at radius 2 is 1.84 bits per heavy atom. The highest BCUT2D eigenvalue weighted by atomic mass is 32.2. The van der Waals surface area contributed by atoms with Crippen LogP contribution < -0.4 is 0 Å². The predicted molar refractivity (Wildman–Crippen MR) is 72.6 cm³/mol. The van der Waals surface area contributed by atoms with E-state index in [1.807, 2.05) is 13.0 Å². The van der Waals surface area contributed by atoms with Crippen LogP contribution in [0.2, 0.25) is 0 Å². The van der Waals surface area contributed by atoms with Crippen molar-refractivity contribution in [2.45, 2.75) is 17.0 Å². The van der Waals surface area contributed by atoms with Gasteiger partial charge in [0, 0.05) is 22.2 Å². The quantitative estimate of drug-likeness (QED) is 0.667. The van der Waals surface area contributed by atoms with Crippen molar-refractivity contribution in [1.82, 2.24) is 15.0 Å². The van der Waals surface area contributed by atoms with Gasteiger partial charge in [0.2, 0.25) is 0 Å². The number of aromatic nitrogens is 3. The number of hydrogen-bond donors (Lipinski definition) is 0. The Hall–Kier alpha value is -2.01. The third-order valence-electron chi connectivity index (χ3n) is 2.69. The molecule has 0 saturated heterocycles. The van der Waals surface area contributed by atoms with Crippen LogP contribution in [0.1, 0.15) is 5.69 Å². The van der Waals surface area contributed by atoms with Gasteiger partial charge in [-0.15, -0.1) is 0 Å². The van der Waals surface area contributed by atoms with E-state index in [0.29, 0.717) is 5.16 Å². The molecule has 0 N–H and O–H groups in total. The number of hydrogen-bond acceptors (Lipinski definition) is 4. The smallest absolute Gasteiger partial charge is 0.193 e. The average Bonchev–Trinajstić information content (AvgIpc) is 2.42. The summed E-state index contributed by atoms with van der Waals surface area (Å²) in [6, 6.07) is 8.19. The van der Waals surface area contributed by atoms with Crippen LogP contribution in [0.25, 0.3) is 10.9 Å². The van der Waals surface area contributed by atoms with Gasteiger partial charge in [0.1, 0.15) is 5.82 Å². The normalized spacial score (nSPS) is 10.8.